The Balaban J connectivity index is 1.54. The normalized spacial score (nSPS) is 10.7. The van der Waals surface area contributed by atoms with Gasteiger partial charge in [0, 0.05) is 28.5 Å². The second-order valence-corrected chi connectivity index (χ2v) is 9.39. The van der Waals surface area contributed by atoms with Gasteiger partial charge in [-0.3, -0.25) is 14.4 Å². The zero-order valence-corrected chi connectivity index (χ0v) is 23.6. The molecule has 2 aromatic carbocycles. The number of carbonyl (C=O) groups is 3. The van der Waals surface area contributed by atoms with E-state index in [1.54, 1.807) is 31.2 Å². The highest BCUT2D eigenvalue weighted by Crippen LogP contribution is 2.23. The largest absolute Gasteiger partial charge is 0.452 e. The second kappa shape index (κ2) is 14.0. The molecule has 0 fully saturated rings. The lowest BCUT2D eigenvalue weighted by molar-refractivity contribution is -0.121. The Morgan fingerprint density at radius 3 is 2.38 bits per heavy atom. The van der Waals surface area contributed by atoms with Gasteiger partial charge in [-0.2, -0.15) is 10.4 Å². The number of rotatable bonds is 10. The molecule has 0 radical (unpaired) electrons. The van der Waals surface area contributed by atoms with E-state index < -0.39 is 29.9 Å². The standard InChI is InChI=1S/C28H26BrN5O6/c1-17-4-10-21(11-5-17)32-25(36)16-40-28(38)20-8-6-19(7-9-20)13-31-33-24(35)14-34-18(2)26(29)23(15-39-3)22(12-30)27(34)37/h4-11,13H,14-16H2,1-3H3,(H,32,36)(H,33,35)/b31-13-. The molecular weight excluding hydrogens is 582 g/mol. The summed E-state index contributed by atoms with van der Waals surface area (Å²) in [5, 5.41) is 16.0. The fourth-order valence-corrected chi connectivity index (χ4v) is 4.09. The van der Waals surface area contributed by atoms with Gasteiger partial charge in [-0.1, -0.05) is 29.8 Å². The topological polar surface area (TPSA) is 152 Å². The number of anilines is 1. The summed E-state index contributed by atoms with van der Waals surface area (Å²) >= 11 is 3.37. The molecule has 1 heterocycles. The average Bonchev–Trinajstić information content (AvgIpc) is 2.94. The first kappa shape index (κ1) is 29.9. The predicted octanol–water partition coefficient (Wildman–Crippen LogP) is 3.19. The number of aromatic nitrogens is 1. The zero-order chi connectivity index (χ0) is 29.2. The first-order valence-corrected chi connectivity index (χ1v) is 12.7. The van der Waals surface area contributed by atoms with Gasteiger partial charge >= 0.3 is 5.97 Å². The minimum absolute atomic E-state index is 0.0662. The van der Waals surface area contributed by atoms with Crippen LogP contribution in [-0.2, 0) is 32.2 Å². The number of methoxy groups -OCH3 is 1. The van der Waals surface area contributed by atoms with Gasteiger partial charge in [0.1, 0.15) is 18.2 Å². The molecule has 3 rings (SSSR count). The highest BCUT2D eigenvalue weighted by atomic mass is 79.9. The van der Waals surface area contributed by atoms with Crippen molar-refractivity contribution in [2.45, 2.75) is 27.0 Å². The Kier molecular flexibility index (Phi) is 10.5. The Bertz CT molecular complexity index is 1540. The van der Waals surface area contributed by atoms with Crippen LogP contribution in [0.4, 0.5) is 5.69 Å². The smallest absolute Gasteiger partial charge is 0.338 e. The number of hydrogen-bond acceptors (Lipinski definition) is 8. The van der Waals surface area contributed by atoms with E-state index >= 15 is 0 Å². The van der Waals surface area contributed by atoms with Crippen molar-refractivity contribution in [3.63, 3.8) is 0 Å². The molecule has 0 aliphatic heterocycles. The molecule has 206 valence electrons. The molecular formula is C28H26BrN5O6. The Labute approximate surface area is 238 Å². The second-order valence-electron chi connectivity index (χ2n) is 8.59. The fraction of sp³-hybridized carbons (Fsp3) is 0.214. The van der Waals surface area contributed by atoms with Crippen LogP contribution < -0.4 is 16.3 Å². The minimum atomic E-state index is -0.670. The average molecular weight is 608 g/mol. The molecule has 11 nitrogen and oxygen atoms in total. The summed E-state index contributed by atoms with van der Waals surface area (Å²) in [6.07, 6.45) is 1.36. The van der Waals surface area contributed by atoms with Crippen molar-refractivity contribution >= 4 is 45.6 Å². The molecule has 0 spiro atoms. The number of esters is 1. The number of halogens is 1. The van der Waals surface area contributed by atoms with Crippen molar-refractivity contribution in [1.29, 1.82) is 5.26 Å². The number of carbonyl (C=O) groups excluding carboxylic acids is 3. The third kappa shape index (κ3) is 7.72. The summed E-state index contributed by atoms with van der Waals surface area (Å²) < 4.78 is 11.8. The van der Waals surface area contributed by atoms with E-state index in [4.69, 9.17) is 9.47 Å². The summed E-state index contributed by atoms with van der Waals surface area (Å²) in [7, 11) is 1.45. The van der Waals surface area contributed by atoms with Gasteiger partial charge in [-0.05, 0) is 59.6 Å². The van der Waals surface area contributed by atoms with Crippen LogP contribution >= 0.6 is 15.9 Å². The van der Waals surface area contributed by atoms with Gasteiger partial charge in [0.15, 0.2) is 6.61 Å². The van der Waals surface area contributed by atoms with E-state index in [0.717, 1.165) is 5.56 Å². The van der Waals surface area contributed by atoms with Gasteiger partial charge in [0.25, 0.3) is 17.4 Å². The van der Waals surface area contributed by atoms with Crippen molar-refractivity contribution in [2.75, 3.05) is 19.0 Å². The molecule has 0 bridgehead atoms. The number of nitriles is 1. The van der Waals surface area contributed by atoms with E-state index in [9.17, 15) is 24.4 Å². The first-order chi connectivity index (χ1) is 19.1. The minimum Gasteiger partial charge on any atom is -0.452 e. The Morgan fingerprint density at radius 2 is 1.75 bits per heavy atom. The Hall–Kier alpha value is -4.60. The molecule has 0 saturated heterocycles. The summed E-state index contributed by atoms with van der Waals surface area (Å²) in [4.78, 5) is 49.5. The number of aryl methyl sites for hydroxylation is 1. The van der Waals surface area contributed by atoms with E-state index in [0.29, 0.717) is 27.0 Å². The van der Waals surface area contributed by atoms with Crippen LogP contribution in [0.2, 0.25) is 0 Å². The molecule has 0 atom stereocenters. The van der Waals surface area contributed by atoms with Crippen LogP contribution in [0.5, 0.6) is 0 Å². The molecule has 1 aromatic heterocycles. The molecule has 0 aliphatic rings. The maximum atomic E-state index is 12.7. The number of ether oxygens (including phenoxy) is 2. The van der Waals surface area contributed by atoms with Crippen LogP contribution in [0.1, 0.15) is 38.3 Å². The number of pyridine rings is 1. The number of nitrogens with zero attached hydrogens (tertiary/aromatic N) is 3. The van der Waals surface area contributed by atoms with Gasteiger partial charge in [0.05, 0.1) is 18.4 Å². The van der Waals surface area contributed by atoms with E-state index in [1.165, 1.54) is 30.0 Å². The number of nitrogens with one attached hydrogen (secondary N) is 2. The lowest BCUT2D eigenvalue weighted by Gasteiger charge is -2.15. The lowest BCUT2D eigenvalue weighted by atomic mass is 10.1. The molecule has 3 aromatic rings. The van der Waals surface area contributed by atoms with E-state index in [1.807, 2.05) is 25.1 Å². The van der Waals surface area contributed by atoms with Crippen LogP contribution in [0, 0.1) is 25.2 Å². The molecule has 0 saturated carbocycles. The Morgan fingerprint density at radius 1 is 1.07 bits per heavy atom. The van der Waals surface area contributed by atoms with Gasteiger partial charge in [0.2, 0.25) is 0 Å². The van der Waals surface area contributed by atoms with Gasteiger partial charge in [-0.15, -0.1) is 0 Å². The number of hydrazone groups is 1. The predicted molar refractivity (Wildman–Crippen MR) is 151 cm³/mol. The monoisotopic (exact) mass is 607 g/mol. The molecule has 2 N–H and O–H groups in total. The fourth-order valence-electron chi connectivity index (χ4n) is 3.56. The molecule has 12 heteroatoms. The molecule has 0 unspecified atom stereocenters. The summed E-state index contributed by atoms with van der Waals surface area (Å²) in [6.45, 7) is 2.85. The first-order valence-electron chi connectivity index (χ1n) is 11.9. The quantitative estimate of drug-likeness (QED) is 0.204. The van der Waals surface area contributed by atoms with Crippen molar-refractivity contribution in [3.05, 3.63) is 96.9 Å². The molecule has 2 amide bonds. The van der Waals surface area contributed by atoms with Crippen molar-refractivity contribution in [1.82, 2.24) is 9.99 Å². The van der Waals surface area contributed by atoms with Crippen molar-refractivity contribution in [2.24, 2.45) is 5.10 Å². The number of amides is 2. The maximum Gasteiger partial charge on any atom is 0.338 e. The van der Waals surface area contributed by atoms with Crippen molar-refractivity contribution in [3.8, 4) is 6.07 Å². The van der Waals surface area contributed by atoms with Crippen LogP contribution in [-0.4, -0.2) is 42.3 Å². The molecule has 40 heavy (non-hydrogen) atoms. The van der Waals surface area contributed by atoms with Gasteiger partial charge in [-0.25, -0.2) is 10.2 Å². The SMILES string of the molecule is COCc1c(Br)c(C)n(CC(=O)N/N=C\c2ccc(C(=O)OCC(=O)Nc3ccc(C)cc3)cc2)c(=O)c1C#N. The van der Waals surface area contributed by atoms with Gasteiger partial charge < -0.3 is 19.4 Å². The maximum absolute atomic E-state index is 12.7. The zero-order valence-electron chi connectivity index (χ0n) is 22.0. The van der Waals surface area contributed by atoms with Crippen LogP contribution in [0.15, 0.2) is 62.9 Å². The highest BCUT2D eigenvalue weighted by molar-refractivity contribution is 9.10. The summed E-state index contributed by atoms with van der Waals surface area (Å²) in [6, 6.07) is 15.2. The number of hydrogen-bond donors (Lipinski definition) is 2. The summed E-state index contributed by atoms with van der Waals surface area (Å²) in [5.41, 5.74) is 4.96. The third-order valence-corrected chi connectivity index (χ3v) is 6.72. The van der Waals surface area contributed by atoms with E-state index in [-0.39, 0.29) is 24.3 Å². The van der Waals surface area contributed by atoms with Crippen LogP contribution in [0.25, 0.3) is 0 Å². The lowest BCUT2D eigenvalue weighted by Crippen LogP contribution is -2.33. The molecule has 0 aliphatic carbocycles. The third-order valence-electron chi connectivity index (χ3n) is 5.67. The van der Waals surface area contributed by atoms with Crippen LogP contribution in [0.3, 0.4) is 0 Å². The summed E-state index contributed by atoms with van der Waals surface area (Å²) in [5.74, 6) is -1.71. The van der Waals surface area contributed by atoms with E-state index in [2.05, 4.69) is 31.8 Å². The number of benzene rings is 2. The van der Waals surface area contributed by atoms with Crippen molar-refractivity contribution < 1.29 is 23.9 Å². The highest BCUT2D eigenvalue weighted by Gasteiger charge is 2.19.